The number of halogens is 3. The van der Waals surface area contributed by atoms with Crippen molar-refractivity contribution < 1.29 is 37.1 Å². The molecule has 0 aliphatic heterocycles. The van der Waals surface area contributed by atoms with Crippen LogP contribution in [-0.4, -0.2) is 50.3 Å². The second-order valence-electron chi connectivity index (χ2n) is 4.30. The summed E-state index contributed by atoms with van der Waals surface area (Å²) >= 11 is 5.41. The van der Waals surface area contributed by atoms with Crippen LogP contribution in [0.1, 0.15) is 20.3 Å². The molecule has 0 bridgehead atoms. The van der Waals surface area contributed by atoms with Gasteiger partial charge in [0, 0.05) is 12.2 Å². The van der Waals surface area contributed by atoms with Gasteiger partial charge in [-0.05, 0) is 25.6 Å². The Bertz CT molecular complexity index is 443. The number of hydrogen-bond acceptors (Lipinski definition) is 5. The molecule has 0 aromatic carbocycles. The molecular weight excluding hydrogens is 366 g/mol. The van der Waals surface area contributed by atoms with Gasteiger partial charge >= 0.3 is 13.8 Å². The number of carbonyl (C=O) groups excluding carboxylic acids is 1. The zero-order valence-electron chi connectivity index (χ0n) is 11.8. The van der Waals surface area contributed by atoms with Crippen molar-refractivity contribution >= 4 is 41.9 Å². The van der Waals surface area contributed by atoms with Crippen molar-refractivity contribution in [2.24, 2.45) is 0 Å². The van der Waals surface area contributed by atoms with Crippen molar-refractivity contribution in [1.82, 2.24) is 5.32 Å². The van der Waals surface area contributed by atoms with E-state index in [-0.39, 0.29) is 11.0 Å². The van der Waals surface area contributed by atoms with Gasteiger partial charge in [-0.3, -0.25) is 9.36 Å². The molecule has 0 aromatic rings. The van der Waals surface area contributed by atoms with Crippen LogP contribution in [0, 0.1) is 0 Å². The molecule has 22 heavy (non-hydrogen) atoms. The minimum absolute atomic E-state index is 0.107. The number of thiocarbonyl (C=S) groups is 1. The predicted molar refractivity (Wildman–Crippen MR) is 80.8 cm³/mol. The number of hydrogen-bond donors (Lipinski definition) is 3. The predicted octanol–water partition coefficient (Wildman–Crippen LogP) is 2.04. The molecular formula is C10H17F3NO5PS2. The van der Waals surface area contributed by atoms with Gasteiger partial charge in [0.1, 0.15) is 6.04 Å². The molecule has 6 nitrogen and oxygen atoms in total. The van der Waals surface area contributed by atoms with Crippen molar-refractivity contribution in [2.75, 3.05) is 12.8 Å². The van der Waals surface area contributed by atoms with E-state index < -0.39 is 43.6 Å². The van der Waals surface area contributed by atoms with Gasteiger partial charge in [-0.25, -0.2) is 0 Å². The lowest BCUT2D eigenvalue weighted by atomic mass is 10.1. The summed E-state index contributed by atoms with van der Waals surface area (Å²) in [7, 11) is -4.56. The zero-order valence-corrected chi connectivity index (χ0v) is 14.3. The first kappa shape index (κ1) is 21.6. The third-order valence-electron chi connectivity index (χ3n) is 2.24. The molecule has 0 aliphatic rings. The molecule has 0 heterocycles. The van der Waals surface area contributed by atoms with Crippen LogP contribution in [0.5, 0.6) is 0 Å². The molecule has 0 radical (unpaired) electrons. The van der Waals surface area contributed by atoms with Gasteiger partial charge in [-0.1, -0.05) is 11.8 Å². The number of amides is 1. The summed E-state index contributed by atoms with van der Waals surface area (Å²) < 4.78 is 54.5. The molecule has 2 unspecified atom stereocenters. The van der Waals surface area contributed by atoms with Crippen LogP contribution in [-0.2, 0) is 14.1 Å². The van der Waals surface area contributed by atoms with Crippen LogP contribution in [0.25, 0.3) is 0 Å². The van der Waals surface area contributed by atoms with E-state index in [1.165, 1.54) is 0 Å². The third-order valence-corrected chi connectivity index (χ3v) is 4.81. The highest BCUT2D eigenvalue weighted by Gasteiger charge is 2.42. The second kappa shape index (κ2) is 9.07. The van der Waals surface area contributed by atoms with Gasteiger partial charge in [-0.2, -0.15) is 13.2 Å². The molecule has 3 N–H and O–H groups in total. The zero-order chi connectivity index (χ0) is 17.6. The Labute approximate surface area is 135 Å². The first-order valence-corrected chi connectivity index (χ1v) is 9.15. The molecule has 2 atom stereocenters. The highest BCUT2D eigenvalue weighted by atomic mass is 32.2. The first-order chi connectivity index (χ1) is 9.85. The van der Waals surface area contributed by atoms with E-state index in [9.17, 15) is 22.5 Å². The maximum absolute atomic E-state index is 12.9. The van der Waals surface area contributed by atoms with E-state index in [0.29, 0.717) is 11.8 Å². The molecule has 1 amide bonds. The van der Waals surface area contributed by atoms with E-state index in [0.717, 1.165) is 6.92 Å². The Hall–Kier alpha value is -0.350. The summed E-state index contributed by atoms with van der Waals surface area (Å²) in [5, 5.41) is 0.573. The molecule has 0 saturated heterocycles. The minimum atomic E-state index is -4.74. The normalized spacial score (nSPS) is 15.0. The van der Waals surface area contributed by atoms with Crippen LogP contribution < -0.4 is 5.32 Å². The van der Waals surface area contributed by atoms with Crippen molar-refractivity contribution in [3.63, 3.8) is 0 Å². The third kappa shape index (κ3) is 10.4. The lowest BCUT2D eigenvalue weighted by molar-refractivity contribution is -0.162. The summed E-state index contributed by atoms with van der Waals surface area (Å²) in [5.74, 6) is -0.894. The Kier molecular flexibility index (Phi) is 8.93. The van der Waals surface area contributed by atoms with Crippen LogP contribution in [0.2, 0.25) is 0 Å². The number of carbonyl (C=O) groups is 1. The van der Waals surface area contributed by atoms with E-state index in [1.807, 2.05) is 0 Å². The Balaban J connectivity index is 5.08. The number of rotatable bonds is 7. The fourth-order valence-electron chi connectivity index (χ4n) is 1.50. The largest absolute Gasteiger partial charge is 0.479 e. The SMILES string of the molecule is CCOC(=S)SC(CC(NC(C)=O)C(F)(F)F)CP(=O)(O)O. The minimum Gasteiger partial charge on any atom is -0.479 e. The van der Waals surface area contributed by atoms with Crippen LogP contribution in [0.3, 0.4) is 0 Å². The molecule has 12 heteroatoms. The summed E-state index contributed by atoms with van der Waals surface area (Å²) in [6.45, 7) is 2.72. The molecule has 0 aliphatic carbocycles. The summed E-state index contributed by atoms with van der Waals surface area (Å²) in [4.78, 5) is 28.8. The summed E-state index contributed by atoms with van der Waals surface area (Å²) in [6.07, 6.45) is -6.28. The number of alkyl halides is 3. The number of ether oxygens (including phenoxy) is 1. The van der Waals surface area contributed by atoms with Gasteiger partial charge < -0.3 is 19.8 Å². The smallest absolute Gasteiger partial charge is 0.408 e. The number of nitrogens with one attached hydrogen (secondary N) is 1. The lowest BCUT2D eigenvalue weighted by Crippen LogP contribution is -2.46. The molecule has 130 valence electrons. The maximum atomic E-state index is 12.9. The van der Waals surface area contributed by atoms with Crippen molar-refractivity contribution in [2.45, 2.75) is 37.7 Å². The van der Waals surface area contributed by atoms with E-state index >= 15 is 0 Å². The molecule has 0 rings (SSSR count). The molecule has 0 aromatic heterocycles. The fourth-order valence-corrected chi connectivity index (χ4v) is 4.33. The Morgan fingerprint density at radius 1 is 1.45 bits per heavy atom. The summed E-state index contributed by atoms with van der Waals surface area (Å²) in [6, 6.07) is -2.22. The van der Waals surface area contributed by atoms with Gasteiger partial charge in [-0.15, -0.1) is 0 Å². The van der Waals surface area contributed by atoms with Gasteiger partial charge in [0.25, 0.3) is 0 Å². The quantitative estimate of drug-likeness (QED) is 0.457. The molecule has 0 spiro atoms. The first-order valence-electron chi connectivity index (χ1n) is 6.07. The Morgan fingerprint density at radius 2 is 2.00 bits per heavy atom. The average molecular weight is 383 g/mol. The van der Waals surface area contributed by atoms with Gasteiger partial charge in [0.05, 0.1) is 12.8 Å². The summed E-state index contributed by atoms with van der Waals surface area (Å²) in [5.41, 5.74) is 0. The lowest BCUT2D eigenvalue weighted by Gasteiger charge is -2.25. The van der Waals surface area contributed by atoms with Crippen molar-refractivity contribution in [1.29, 1.82) is 0 Å². The van der Waals surface area contributed by atoms with Gasteiger partial charge in [0.15, 0.2) is 0 Å². The van der Waals surface area contributed by atoms with E-state index in [4.69, 9.17) is 26.7 Å². The van der Waals surface area contributed by atoms with Crippen molar-refractivity contribution in [3.8, 4) is 0 Å². The van der Waals surface area contributed by atoms with Crippen LogP contribution >= 0.6 is 31.6 Å². The monoisotopic (exact) mass is 383 g/mol. The standard InChI is InChI=1S/C10H17F3NO5PS2/c1-3-19-9(21)22-7(5-20(16,17)18)4-8(10(11,12)13)14-6(2)15/h7-8H,3-5H2,1-2H3,(H,14,15)(H2,16,17,18). The van der Waals surface area contributed by atoms with Crippen LogP contribution in [0.4, 0.5) is 13.2 Å². The topological polar surface area (TPSA) is 95.9 Å². The van der Waals surface area contributed by atoms with Crippen molar-refractivity contribution in [3.05, 3.63) is 0 Å². The maximum Gasteiger partial charge on any atom is 0.408 e. The second-order valence-corrected chi connectivity index (χ2v) is 7.90. The molecule has 0 fully saturated rings. The highest BCUT2D eigenvalue weighted by molar-refractivity contribution is 8.23. The van der Waals surface area contributed by atoms with E-state index in [1.54, 1.807) is 12.2 Å². The van der Waals surface area contributed by atoms with Gasteiger partial charge in [0.2, 0.25) is 10.3 Å². The Morgan fingerprint density at radius 3 is 2.36 bits per heavy atom. The van der Waals surface area contributed by atoms with E-state index in [2.05, 4.69) is 0 Å². The molecule has 0 saturated carbocycles. The van der Waals surface area contributed by atoms with Crippen LogP contribution in [0.15, 0.2) is 0 Å². The number of thioether (sulfide) groups is 1. The average Bonchev–Trinajstić information content (AvgIpc) is 2.23. The highest BCUT2D eigenvalue weighted by Crippen LogP contribution is 2.40. The fraction of sp³-hybridized carbons (Fsp3) is 0.800.